The molecule has 1 aromatic carbocycles. The van der Waals surface area contributed by atoms with E-state index in [1.54, 1.807) is 7.11 Å². The lowest BCUT2D eigenvalue weighted by atomic mass is 10.2. The Morgan fingerprint density at radius 2 is 2.00 bits per heavy atom. The van der Waals surface area contributed by atoms with Crippen LogP contribution in [-0.2, 0) is 6.61 Å². The summed E-state index contributed by atoms with van der Waals surface area (Å²) in [4.78, 5) is 7.98. The number of hydrogen-bond donors (Lipinski definition) is 2. The van der Waals surface area contributed by atoms with E-state index in [0.29, 0.717) is 12.5 Å². The summed E-state index contributed by atoms with van der Waals surface area (Å²) in [5.74, 6) is 1.05. The largest absolute Gasteiger partial charge is 0.497 e. The number of nitrogens with zero attached hydrogens (tertiary/aromatic N) is 3. The first-order valence-electron chi connectivity index (χ1n) is 5.78. The zero-order valence-electron chi connectivity index (χ0n) is 10.9. The molecule has 0 saturated carbocycles. The number of rotatable bonds is 5. The lowest BCUT2D eigenvalue weighted by Crippen LogP contribution is -2.15. The maximum absolute atomic E-state index is 8.51. The van der Waals surface area contributed by atoms with E-state index in [1.165, 1.54) is 12.4 Å². The summed E-state index contributed by atoms with van der Waals surface area (Å²) >= 11 is 0. The molecule has 0 aliphatic carbocycles. The first-order chi connectivity index (χ1) is 9.72. The second kappa shape index (κ2) is 6.37. The topological polar surface area (TPSA) is 103 Å². The van der Waals surface area contributed by atoms with Crippen LogP contribution in [0.2, 0.25) is 0 Å². The quantitative estimate of drug-likeness (QED) is 0.367. The summed E-state index contributed by atoms with van der Waals surface area (Å²) in [6.45, 7) is 0.363. The molecule has 2 aromatic rings. The first kappa shape index (κ1) is 13.6. The molecule has 3 N–H and O–H groups in total. The molecule has 0 aliphatic heterocycles. The Hall–Kier alpha value is -2.83. The number of amidine groups is 1. The van der Waals surface area contributed by atoms with E-state index in [2.05, 4.69) is 15.1 Å². The SMILES string of the molecule is COc1ccc(COc2cnc(C(N)=NO)cn2)cc1. The normalized spacial score (nSPS) is 11.2. The summed E-state index contributed by atoms with van der Waals surface area (Å²) in [7, 11) is 1.62. The molecular weight excluding hydrogens is 260 g/mol. The maximum atomic E-state index is 8.51. The van der Waals surface area contributed by atoms with Crippen molar-refractivity contribution < 1.29 is 14.7 Å². The van der Waals surface area contributed by atoms with E-state index in [4.69, 9.17) is 20.4 Å². The van der Waals surface area contributed by atoms with Crippen molar-refractivity contribution in [1.29, 1.82) is 0 Å². The Morgan fingerprint density at radius 3 is 2.55 bits per heavy atom. The van der Waals surface area contributed by atoms with Crippen molar-refractivity contribution in [3.05, 3.63) is 47.9 Å². The number of aromatic nitrogens is 2. The van der Waals surface area contributed by atoms with Gasteiger partial charge in [-0.2, -0.15) is 0 Å². The second-order valence-corrected chi connectivity index (χ2v) is 3.86. The van der Waals surface area contributed by atoms with Gasteiger partial charge in [0.25, 0.3) is 0 Å². The number of methoxy groups -OCH3 is 1. The Morgan fingerprint density at radius 1 is 1.25 bits per heavy atom. The zero-order valence-corrected chi connectivity index (χ0v) is 10.9. The number of nitrogens with two attached hydrogens (primary N) is 1. The van der Waals surface area contributed by atoms with Crippen LogP contribution in [-0.4, -0.2) is 28.1 Å². The predicted octanol–water partition coefficient (Wildman–Crippen LogP) is 1.16. The van der Waals surface area contributed by atoms with Gasteiger partial charge in [-0.15, -0.1) is 0 Å². The highest BCUT2D eigenvalue weighted by Gasteiger charge is 2.03. The molecule has 0 atom stereocenters. The Labute approximate surface area is 115 Å². The molecule has 1 aromatic heterocycles. The van der Waals surface area contributed by atoms with Gasteiger partial charge in [0.2, 0.25) is 5.88 Å². The van der Waals surface area contributed by atoms with E-state index >= 15 is 0 Å². The van der Waals surface area contributed by atoms with Crippen LogP contribution in [0.25, 0.3) is 0 Å². The average molecular weight is 274 g/mol. The van der Waals surface area contributed by atoms with Crippen LogP contribution >= 0.6 is 0 Å². The van der Waals surface area contributed by atoms with Gasteiger partial charge < -0.3 is 20.4 Å². The molecule has 0 bridgehead atoms. The molecule has 0 fully saturated rings. The van der Waals surface area contributed by atoms with Crippen LogP contribution in [0.4, 0.5) is 0 Å². The molecule has 2 rings (SSSR count). The molecule has 0 aliphatic rings. The van der Waals surface area contributed by atoms with Crippen molar-refractivity contribution in [2.45, 2.75) is 6.61 Å². The minimum Gasteiger partial charge on any atom is -0.497 e. The molecule has 7 heteroatoms. The van der Waals surface area contributed by atoms with Gasteiger partial charge in [0.1, 0.15) is 18.1 Å². The van der Waals surface area contributed by atoms with Crippen LogP contribution in [0.15, 0.2) is 41.8 Å². The highest BCUT2D eigenvalue weighted by molar-refractivity contribution is 5.94. The van der Waals surface area contributed by atoms with E-state index in [1.807, 2.05) is 24.3 Å². The molecule has 0 amide bonds. The monoisotopic (exact) mass is 274 g/mol. The number of hydrogen-bond acceptors (Lipinski definition) is 6. The molecule has 1 heterocycles. The Bertz CT molecular complexity index is 582. The molecule has 0 unspecified atom stereocenters. The van der Waals surface area contributed by atoms with Gasteiger partial charge in [-0.3, -0.25) is 0 Å². The zero-order chi connectivity index (χ0) is 14.4. The van der Waals surface area contributed by atoms with Crippen LogP contribution in [0.3, 0.4) is 0 Å². The van der Waals surface area contributed by atoms with Gasteiger partial charge in [-0.05, 0) is 17.7 Å². The third-order valence-electron chi connectivity index (χ3n) is 2.54. The second-order valence-electron chi connectivity index (χ2n) is 3.86. The molecule has 0 saturated heterocycles. The van der Waals surface area contributed by atoms with E-state index in [0.717, 1.165) is 11.3 Å². The van der Waals surface area contributed by atoms with Crippen molar-refractivity contribution in [3.63, 3.8) is 0 Å². The van der Waals surface area contributed by atoms with Crippen LogP contribution < -0.4 is 15.2 Å². The van der Waals surface area contributed by atoms with Crippen molar-refractivity contribution in [1.82, 2.24) is 9.97 Å². The highest BCUT2D eigenvalue weighted by atomic mass is 16.5. The third-order valence-corrected chi connectivity index (χ3v) is 2.54. The summed E-state index contributed by atoms with van der Waals surface area (Å²) in [6.07, 6.45) is 2.79. The fraction of sp³-hybridized carbons (Fsp3) is 0.154. The fourth-order valence-corrected chi connectivity index (χ4v) is 1.45. The van der Waals surface area contributed by atoms with Gasteiger partial charge in [-0.25, -0.2) is 9.97 Å². The molecule has 7 nitrogen and oxygen atoms in total. The van der Waals surface area contributed by atoms with Gasteiger partial charge in [0, 0.05) is 0 Å². The molecule has 0 radical (unpaired) electrons. The first-order valence-corrected chi connectivity index (χ1v) is 5.78. The maximum Gasteiger partial charge on any atom is 0.232 e. The lowest BCUT2D eigenvalue weighted by molar-refractivity contribution is 0.292. The summed E-state index contributed by atoms with van der Waals surface area (Å²) < 4.78 is 10.5. The van der Waals surface area contributed by atoms with Crippen LogP contribution in [0.1, 0.15) is 11.3 Å². The molecule has 20 heavy (non-hydrogen) atoms. The minimum atomic E-state index is -0.0980. The summed E-state index contributed by atoms with van der Waals surface area (Å²) in [5.41, 5.74) is 6.64. The predicted molar refractivity (Wildman–Crippen MR) is 71.9 cm³/mol. The van der Waals surface area contributed by atoms with Crippen molar-refractivity contribution >= 4 is 5.84 Å². The lowest BCUT2D eigenvalue weighted by Gasteiger charge is -2.06. The van der Waals surface area contributed by atoms with E-state index in [-0.39, 0.29) is 11.5 Å². The van der Waals surface area contributed by atoms with E-state index < -0.39 is 0 Å². The van der Waals surface area contributed by atoms with Crippen molar-refractivity contribution in [2.24, 2.45) is 10.9 Å². The number of oxime groups is 1. The van der Waals surface area contributed by atoms with Crippen molar-refractivity contribution in [2.75, 3.05) is 7.11 Å². The van der Waals surface area contributed by atoms with Gasteiger partial charge in [-0.1, -0.05) is 17.3 Å². The smallest absolute Gasteiger partial charge is 0.232 e. The van der Waals surface area contributed by atoms with Gasteiger partial charge in [0.05, 0.1) is 19.5 Å². The number of benzene rings is 1. The summed E-state index contributed by atoms with van der Waals surface area (Å²) in [5, 5.41) is 11.3. The standard InChI is InChI=1S/C13H14N4O3/c1-19-10-4-2-9(3-5-10)8-20-12-7-15-11(6-16-12)13(14)17-18/h2-7,18H,8H2,1H3,(H2,14,17). The Kier molecular flexibility index (Phi) is 4.33. The van der Waals surface area contributed by atoms with Gasteiger partial charge >= 0.3 is 0 Å². The fourth-order valence-electron chi connectivity index (χ4n) is 1.45. The van der Waals surface area contributed by atoms with Gasteiger partial charge in [0.15, 0.2) is 5.84 Å². The van der Waals surface area contributed by atoms with Crippen molar-refractivity contribution in [3.8, 4) is 11.6 Å². The minimum absolute atomic E-state index is 0.0980. The summed E-state index contributed by atoms with van der Waals surface area (Å²) in [6, 6.07) is 7.51. The van der Waals surface area contributed by atoms with Crippen LogP contribution in [0, 0.1) is 0 Å². The third kappa shape index (κ3) is 3.35. The van der Waals surface area contributed by atoms with E-state index in [9.17, 15) is 0 Å². The van der Waals surface area contributed by atoms with Crippen LogP contribution in [0.5, 0.6) is 11.6 Å². The molecular formula is C13H14N4O3. The Balaban J connectivity index is 1.96. The molecule has 0 spiro atoms. The number of ether oxygens (including phenoxy) is 2. The average Bonchev–Trinajstić information content (AvgIpc) is 2.53. The highest BCUT2D eigenvalue weighted by Crippen LogP contribution is 2.13. The molecule has 104 valence electrons.